The summed E-state index contributed by atoms with van der Waals surface area (Å²) in [5.74, 6) is 0.110. The van der Waals surface area contributed by atoms with Crippen LogP contribution in [0.15, 0.2) is 24.3 Å². The molecule has 1 fully saturated rings. The highest BCUT2D eigenvalue weighted by atomic mass is 32.1. The van der Waals surface area contributed by atoms with Crippen LogP contribution in [0.2, 0.25) is 0 Å². The summed E-state index contributed by atoms with van der Waals surface area (Å²) >= 11 is 1.58. The number of hydrogen-bond acceptors (Lipinski definition) is 4. The number of rotatable bonds is 4. The van der Waals surface area contributed by atoms with Gasteiger partial charge in [0.05, 0.1) is 5.69 Å². The minimum Gasteiger partial charge on any atom is -0.302 e. The Kier molecular flexibility index (Phi) is 3.87. The van der Waals surface area contributed by atoms with Crippen molar-refractivity contribution in [2.45, 2.75) is 32.4 Å². The van der Waals surface area contributed by atoms with E-state index in [2.05, 4.69) is 15.2 Å². The van der Waals surface area contributed by atoms with Gasteiger partial charge in [0.1, 0.15) is 5.82 Å². The van der Waals surface area contributed by atoms with E-state index in [4.69, 9.17) is 0 Å². The largest absolute Gasteiger partial charge is 0.302 e. The molecule has 1 aromatic heterocycles. The first-order chi connectivity index (χ1) is 11.2. The zero-order chi connectivity index (χ0) is 15.8. The summed E-state index contributed by atoms with van der Waals surface area (Å²) in [6.45, 7) is 2.58. The number of fused-ring (bicyclic) bond motifs is 1. The van der Waals surface area contributed by atoms with Gasteiger partial charge in [-0.1, -0.05) is 12.1 Å². The van der Waals surface area contributed by atoms with E-state index < -0.39 is 0 Å². The van der Waals surface area contributed by atoms with Crippen molar-refractivity contribution < 1.29 is 9.18 Å². The van der Waals surface area contributed by atoms with Crippen LogP contribution in [0.4, 0.5) is 9.52 Å². The average molecular weight is 331 g/mol. The second-order valence-electron chi connectivity index (χ2n) is 6.24. The maximum Gasteiger partial charge on any atom is 0.229 e. The highest BCUT2D eigenvalue weighted by Gasteiger charge is 2.30. The Morgan fingerprint density at radius 2 is 2.13 bits per heavy atom. The maximum atomic E-state index is 13.0. The van der Waals surface area contributed by atoms with E-state index in [0.717, 1.165) is 55.3 Å². The summed E-state index contributed by atoms with van der Waals surface area (Å²) in [5.41, 5.74) is 2.22. The molecule has 0 saturated heterocycles. The van der Waals surface area contributed by atoms with Gasteiger partial charge in [-0.05, 0) is 30.5 Å². The van der Waals surface area contributed by atoms with Crippen LogP contribution >= 0.6 is 11.3 Å². The van der Waals surface area contributed by atoms with Gasteiger partial charge in [-0.2, -0.15) is 0 Å². The predicted octanol–water partition coefficient (Wildman–Crippen LogP) is 3.19. The molecule has 1 N–H and O–H groups in total. The minimum absolute atomic E-state index is 0.110. The molecule has 0 radical (unpaired) electrons. The molecule has 2 aromatic rings. The second kappa shape index (κ2) is 6.02. The molecule has 0 atom stereocenters. The van der Waals surface area contributed by atoms with Crippen molar-refractivity contribution in [2.24, 2.45) is 5.92 Å². The van der Waals surface area contributed by atoms with Crippen LogP contribution < -0.4 is 5.32 Å². The van der Waals surface area contributed by atoms with Crippen molar-refractivity contribution in [2.75, 3.05) is 11.9 Å². The first kappa shape index (κ1) is 14.8. The lowest BCUT2D eigenvalue weighted by molar-refractivity contribution is -0.117. The van der Waals surface area contributed by atoms with Crippen molar-refractivity contribution in [1.29, 1.82) is 0 Å². The number of carbonyl (C=O) groups excluding carboxylic acids is 1. The van der Waals surface area contributed by atoms with Crippen LogP contribution in [0.5, 0.6) is 0 Å². The summed E-state index contributed by atoms with van der Waals surface area (Å²) in [7, 11) is 0. The Morgan fingerprint density at radius 3 is 2.87 bits per heavy atom. The molecule has 0 bridgehead atoms. The highest BCUT2D eigenvalue weighted by molar-refractivity contribution is 7.15. The van der Waals surface area contributed by atoms with Gasteiger partial charge in [-0.25, -0.2) is 9.37 Å². The summed E-state index contributed by atoms with van der Waals surface area (Å²) in [6.07, 6.45) is 2.90. The molecular formula is C17H18FN3OS. The molecule has 23 heavy (non-hydrogen) atoms. The molecule has 2 aliphatic rings. The number of aromatic nitrogens is 1. The number of halogens is 1. The van der Waals surface area contributed by atoms with E-state index in [1.54, 1.807) is 11.3 Å². The number of benzene rings is 1. The zero-order valence-corrected chi connectivity index (χ0v) is 13.5. The molecule has 120 valence electrons. The van der Waals surface area contributed by atoms with E-state index in [-0.39, 0.29) is 17.6 Å². The fourth-order valence-corrected chi connectivity index (χ4v) is 3.89. The van der Waals surface area contributed by atoms with Crippen LogP contribution in [0.1, 0.15) is 29.0 Å². The first-order valence-corrected chi connectivity index (χ1v) is 8.75. The monoisotopic (exact) mass is 331 g/mol. The molecule has 4 nitrogen and oxygen atoms in total. The minimum atomic E-state index is -0.201. The van der Waals surface area contributed by atoms with Gasteiger partial charge in [-0.15, -0.1) is 11.3 Å². The van der Waals surface area contributed by atoms with Crippen molar-refractivity contribution in [3.63, 3.8) is 0 Å². The van der Waals surface area contributed by atoms with Crippen molar-refractivity contribution in [3.05, 3.63) is 46.2 Å². The lowest BCUT2D eigenvalue weighted by atomic mass is 10.1. The Balaban J connectivity index is 1.41. The molecule has 1 amide bonds. The summed E-state index contributed by atoms with van der Waals surface area (Å²) < 4.78 is 13.0. The smallest absolute Gasteiger partial charge is 0.229 e. The SMILES string of the molecule is O=C(Nc1nc2c(s1)CN(Cc1ccc(F)cc1)CC2)C1CC1. The van der Waals surface area contributed by atoms with Crippen LogP contribution in [0, 0.1) is 11.7 Å². The third-order valence-electron chi connectivity index (χ3n) is 4.31. The number of nitrogens with one attached hydrogen (secondary N) is 1. The Labute approximate surface area is 138 Å². The van der Waals surface area contributed by atoms with Crippen molar-refractivity contribution in [3.8, 4) is 0 Å². The predicted molar refractivity (Wildman–Crippen MR) is 87.7 cm³/mol. The van der Waals surface area contributed by atoms with Gasteiger partial charge in [0, 0.05) is 36.9 Å². The van der Waals surface area contributed by atoms with Crippen LogP contribution in [0.3, 0.4) is 0 Å². The molecule has 0 unspecified atom stereocenters. The maximum absolute atomic E-state index is 13.0. The zero-order valence-electron chi connectivity index (χ0n) is 12.7. The molecule has 1 saturated carbocycles. The molecule has 2 heterocycles. The van der Waals surface area contributed by atoms with E-state index in [1.807, 2.05) is 12.1 Å². The average Bonchev–Trinajstić information content (AvgIpc) is 3.31. The van der Waals surface area contributed by atoms with Crippen molar-refractivity contribution in [1.82, 2.24) is 9.88 Å². The molecule has 1 aliphatic carbocycles. The molecule has 0 spiro atoms. The third-order valence-corrected chi connectivity index (χ3v) is 5.31. The van der Waals surface area contributed by atoms with E-state index in [1.165, 1.54) is 17.0 Å². The number of thiazole rings is 1. The number of nitrogens with zero attached hydrogens (tertiary/aromatic N) is 2. The second-order valence-corrected chi connectivity index (χ2v) is 7.32. The standard InChI is InChI=1S/C17H18FN3OS/c18-13-5-1-11(2-6-13)9-21-8-7-14-15(10-21)23-17(19-14)20-16(22)12-3-4-12/h1-2,5-6,12H,3-4,7-10H2,(H,19,20,22). The van der Waals surface area contributed by atoms with Crippen molar-refractivity contribution >= 4 is 22.4 Å². The van der Waals surface area contributed by atoms with Crippen LogP contribution in [-0.2, 0) is 24.3 Å². The fraction of sp³-hybridized carbons (Fsp3) is 0.412. The molecule has 4 rings (SSSR count). The summed E-state index contributed by atoms with van der Waals surface area (Å²) in [6, 6.07) is 6.67. The Hall–Kier alpha value is -1.79. The summed E-state index contributed by atoms with van der Waals surface area (Å²) in [4.78, 5) is 20.0. The first-order valence-electron chi connectivity index (χ1n) is 7.93. The van der Waals surface area contributed by atoms with E-state index in [9.17, 15) is 9.18 Å². The lowest BCUT2D eigenvalue weighted by Crippen LogP contribution is -2.29. The van der Waals surface area contributed by atoms with Crippen LogP contribution in [0.25, 0.3) is 0 Å². The Morgan fingerprint density at radius 1 is 1.35 bits per heavy atom. The number of anilines is 1. The Bertz CT molecular complexity index is 724. The number of amides is 1. The highest BCUT2D eigenvalue weighted by Crippen LogP contribution is 2.33. The van der Waals surface area contributed by atoms with Gasteiger partial charge < -0.3 is 5.32 Å². The van der Waals surface area contributed by atoms with Gasteiger partial charge in [0.2, 0.25) is 5.91 Å². The fourth-order valence-electron chi connectivity index (χ4n) is 2.84. The molecule has 1 aromatic carbocycles. The van der Waals surface area contributed by atoms with E-state index >= 15 is 0 Å². The number of hydrogen-bond donors (Lipinski definition) is 1. The van der Waals surface area contributed by atoms with Gasteiger partial charge in [0.15, 0.2) is 5.13 Å². The normalized spacial score (nSPS) is 17.8. The molecular weight excluding hydrogens is 313 g/mol. The summed E-state index contributed by atoms with van der Waals surface area (Å²) in [5, 5.41) is 3.67. The van der Waals surface area contributed by atoms with Crippen LogP contribution in [-0.4, -0.2) is 22.3 Å². The molecule has 6 heteroatoms. The third kappa shape index (κ3) is 3.43. The van der Waals surface area contributed by atoms with Gasteiger partial charge in [0.25, 0.3) is 0 Å². The quantitative estimate of drug-likeness (QED) is 0.936. The number of carbonyl (C=O) groups is 1. The lowest BCUT2D eigenvalue weighted by Gasteiger charge is -2.25. The van der Waals surface area contributed by atoms with Gasteiger partial charge in [-0.3, -0.25) is 9.69 Å². The van der Waals surface area contributed by atoms with E-state index in [0.29, 0.717) is 0 Å². The molecule has 1 aliphatic heterocycles. The topological polar surface area (TPSA) is 45.2 Å². The van der Waals surface area contributed by atoms with Gasteiger partial charge >= 0.3 is 0 Å².